The molecule has 3 amide bonds. The number of pyridine rings is 1. The van der Waals surface area contributed by atoms with Crippen LogP contribution in [-0.2, 0) is 11.3 Å². The summed E-state index contributed by atoms with van der Waals surface area (Å²) >= 11 is 0. The fourth-order valence-electron chi connectivity index (χ4n) is 3.27. The average molecular weight is 395 g/mol. The number of imide groups is 1. The number of nitrogens with zero attached hydrogens (tertiary/aromatic N) is 2. The second-order valence-electron chi connectivity index (χ2n) is 6.93. The molecule has 8 heteroatoms. The first-order valence-corrected chi connectivity index (χ1v) is 9.50. The standard InChI is InChI=1S/C21H21N3O5/c1-3-29-19-16(28-2)10-9-13(22-19)11-24-20(26)14-5-4-6-15(17(14)21(24)27)23-18(25)12-7-8-12/h4-6,9-10,12H,3,7-8,11H2,1-2H3,(H,23,25). The maximum atomic E-state index is 13.0. The minimum atomic E-state index is -0.452. The van der Waals surface area contributed by atoms with E-state index in [1.165, 1.54) is 7.11 Å². The fourth-order valence-corrected chi connectivity index (χ4v) is 3.27. The number of hydrogen-bond acceptors (Lipinski definition) is 6. The number of benzene rings is 1. The molecule has 4 rings (SSSR count). The Labute approximate surface area is 167 Å². The van der Waals surface area contributed by atoms with E-state index < -0.39 is 11.8 Å². The summed E-state index contributed by atoms with van der Waals surface area (Å²) in [7, 11) is 1.51. The predicted octanol–water partition coefficient (Wildman–Crippen LogP) is 2.63. The van der Waals surface area contributed by atoms with Crippen molar-refractivity contribution in [3.63, 3.8) is 0 Å². The predicted molar refractivity (Wildman–Crippen MR) is 104 cm³/mol. The first-order chi connectivity index (χ1) is 14.0. The van der Waals surface area contributed by atoms with Crippen LogP contribution in [0.1, 0.15) is 46.2 Å². The number of methoxy groups -OCH3 is 1. The maximum absolute atomic E-state index is 13.0. The summed E-state index contributed by atoms with van der Waals surface area (Å²) in [5.41, 5.74) is 1.37. The first-order valence-electron chi connectivity index (χ1n) is 9.50. The van der Waals surface area contributed by atoms with Crippen LogP contribution in [0.2, 0.25) is 0 Å². The van der Waals surface area contributed by atoms with Crippen LogP contribution in [0.5, 0.6) is 11.6 Å². The molecule has 0 spiro atoms. The number of nitrogens with one attached hydrogen (secondary N) is 1. The van der Waals surface area contributed by atoms with Gasteiger partial charge in [-0.2, -0.15) is 0 Å². The highest BCUT2D eigenvalue weighted by molar-refractivity contribution is 6.24. The second-order valence-corrected chi connectivity index (χ2v) is 6.93. The monoisotopic (exact) mass is 395 g/mol. The Morgan fingerprint density at radius 2 is 2.00 bits per heavy atom. The number of carbonyl (C=O) groups is 3. The van der Waals surface area contributed by atoms with Crippen LogP contribution in [0.15, 0.2) is 30.3 Å². The van der Waals surface area contributed by atoms with E-state index in [0.717, 1.165) is 17.7 Å². The smallest absolute Gasteiger partial charge is 0.264 e. The lowest BCUT2D eigenvalue weighted by Crippen LogP contribution is -2.29. The number of ether oxygens (including phenoxy) is 2. The van der Waals surface area contributed by atoms with E-state index in [1.54, 1.807) is 30.3 Å². The maximum Gasteiger partial charge on any atom is 0.264 e. The SMILES string of the molecule is CCOc1nc(CN2C(=O)c3cccc(NC(=O)C4CC4)c3C2=O)ccc1OC. The van der Waals surface area contributed by atoms with Gasteiger partial charge in [-0.1, -0.05) is 6.07 Å². The van der Waals surface area contributed by atoms with Gasteiger partial charge in [-0.15, -0.1) is 0 Å². The van der Waals surface area contributed by atoms with Crippen molar-refractivity contribution in [2.45, 2.75) is 26.3 Å². The molecular formula is C21H21N3O5. The third-order valence-corrected chi connectivity index (χ3v) is 4.91. The third kappa shape index (κ3) is 3.53. The fraction of sp³-hybridized carbons (Fsp3) is 0.333. The number of aromatic nitrogens is 1. The molecule has 0 radical (unpaired) electrons. The second kappa shape index (κ2) is 7.54. The minimum Gasteiger partial charge on any atom is -0.491 e. The van der Waals surface area contributed by atoms with E-state index in [1.807, 2.05) is 6.92 Å². The zero-order chi connectivity index (χ0) is 20.5. The van der Waals surface area contributed by atoms with E-state index in [9.17, 15) is 14.4 Å². The van der Waals surface area contributed by atoms with Gasteiger partial charge in [0.15, 0.2) is 5.75 Å². The number of hydrogen-bond donors (Lipinski definition) is 1. The third-order valence-electron chi connectivity index (χ3n) is 4.91. The number of anilines is 1. The molecule has 0 saturated heterocycles. The molecule has 0 unspecified atom stereocenters. The van der Waals surface area contributed by atoms with Crippen LogP contribution in [0.25, 0.3) is 0 Å². The van der Waals surface area contributed by atoms with Crippen molar-refractivity contribution >= 4 is 23.4 Å². The topological polar surface area (TPSA) is 97.8 Å². The van der Waals surface area contributed by atoms with Gasteiger partial charge >= 0.3 is 0 Å². The van der Waals surface area contributed by atoms with E-state index >= 15 is 0 Å². The van der Waals surface area contributed by atoms with Crippen LogP contribution in [-0.4, -0.2) is 41.3 Å². The van der Waals surface area contributed by atoms with Gasteiger partial charge in [0.25, 0.3) is 17.7 Å². The van der Waals surface area contributed by atoms with Gasteiger partial charge < -0.3 is 14.8 Å². The Bertz CT molecular complexity index is 1000. The zero-order valence-electron chi connectivity index (χ0n) is 16.2. The van der Waals surface area contributed by atoms with Crippen molar-refractivity contribution in [1.29, 1.82) is 0 Å². The number of rotatable bonds is 7. The molecule has 2 aliphatic rings. The molecular weight excluding hydrogens is 374 g/mol. The molecule has 2 heterocycles. The van der Waals surface area contributed by atoms with Crippen molar-refractivity contribution in [2.24, 2.45) is 5.92 Å². The van der Waals surface area contributed by atoms with E-state index in [4.69, 9.17) is 9.47 Å². The molecule has 2 aromatic rings. The lowest BCUT2D eigenvalue weighted by Gasteiger charge is -2.15. The first kappa shape index (κ1) is 18.9. The average Bonchev–Trinajstić information content (AvgIpc) is 3.53. The summed E-state index contributed by atoms with van der Waals surface area (Å²) in [6.45, 7) is 2.23. The molecule has 1 aliphatic carbocycles. The summed E-state index contributed by atoms with van der Waals surface area (Å²) in [5, 5.41) is 2.79. The van der Waals surface area contributed by atoms with Crippen molar-refractivity contribution in [3.05, 3.63) is 47.2 Å². The van der Waals surface area contributed by atoms with Crippen LogP contribution in [0.3, 0.4) is 0 Å². The highest BCUT2D eigenvalue weighted by Gasteiger charge is 2.39. The minimum absolute atomic E-state index is 0.00495. The van der Waals surface area contributed by atoms with E-state index in [0.29, 0.717) is 29.6 Å². The molecule has 0 atom stereocenters. The van der Waals surface area contributed by atoms with Gasteiger partial charge in [-0.3, -0.25) is 19.3 Å². The molecule has 29 heavy (non-hydrogen) atoms. The highest BCUT2D eigenvalue weighted by atomic mass is 16.5. The quantitative estimate of drug-likeness (QED) is 0.724. The van der Waals surface area contributed by atoms with Crippen LogP contribution >= 0.6 is 0 Å². The van der Waals surface area contributed by atoms with E-state index in [2.05, 4.69) is 10.3 Å². The normalized spacial score (nSPS) is 15.3. The molecule has 1 saturated carbocycles. The van der Waals surface area contributed by atoms with Crippen molar-refractivity contribution in [3.8, 4) is 11.6 Å². The largest absolute Gasteiger partial charge is 0.491 e. The van der Waals surface area contributed by atoms with Crippen LogP contribution < -0.4 is 14.8 Å². The number of carbonyl (C=O) groups excluding carboxylic acids is 3. The summed E-state index contributed by atoms with van der Waals surface area (Å²) in [6.07, 6.45) is 1.70. The Hall–Kier alpha value is -3.42. The summed E-state index contributed by atoms with van der Waals surface area (Å²) in [5.74, 6) is -0.204. The molecule has 1 aromatic heterocycles. The van der Waals surface area contributed by atoms with Crippen molar-refractivity contribution in [1.82, 2.24) is 9.88 Å². The summed E-state index contributed by atoms with van der Waals surface area (Å²) in [6, 6.07) is 8.27. The molecule has 1 fully saturated rings. The summed E-state index contributed by atoms with van der Waals surface area (Å²) in [4.78, 5) is 43.5. The molecule has 0 bridgehead atoms. The van der Waals surface area contributed by atoms with E-state index in [-0.39, 0.29) is 29.5 Å². The van der Waals surface area contributed by atoms with Crippen LogP contribution in [0.4, 0.5) is 5.69 Å². The van der Waals surface area contributed by atoms with Gasteiger partial charge in [0, 0.05) is 5.92 Å². The van der Waals surface area contributed by atoms with Crippen LogP contribution in [0, 0.1) is 5.92 Å². The molecule has 150 valence electrons. The van der Waals surface area contributed by atoms with Gasteiger partial charge in [0.1, 0.15) is 0 Å². The van der Waals surface area contributed by atoms with Crippen molar-refractivity contribution < 1.29 is 23.9 Å². The van der Waals surface area contributed by atoms with Gasteiger partial charge in [-0.25, -0.2) is 4.98 Å². The van der Waals surface area contributed by atoms with Gasteiger partial charge in [0.2, 0.25) is 5.91 Å². The molecule has 8 nitrogen and oxygen atoms in total. The molecule has 1 aliphatic heterocycles. The lowest BCUT2D eigenvalue weighted by atomic mass is 10.1. The molecule has 1 N–H and O–H groups in total. The molecule has 1 aromatic carbocycles. The Morgan fingerprint density at radius 1 is 1.21 bits per heavy atom. The van der Waals surface area contributed by atoms with Gasteiger partial charge in [0.05, 0.1) is 42.8 Å². The Kier molecular flexibility index (Phi) is 4.92. The zero-order valence-corrected chi connectivity index (χ0v) is 16.2. The number of amides is 3. The highest BCUT2D eigenvalue weighted by Crippen LogP contribution is 2.34. The van der Waals surface area contributed by atoms with Gasteiger partial charge in [-0.05, 0) is 44.0 Å². The van der Waals surface area contributed by atoms with Crippen molar-refractivity contribution in [2.75, 3.05) is 19.0 Å². The Morgan fingerprint density at radius 3 is 2.69 bits per heavy atom. The Balaban J connectivity index is 1.60. The summed E-state index contributed by atoms with van der Waals surface area (Å²) < 4.78 is 10.7. The number of fused-ring (bicyclic) bond motifs is 1. The lowest BCUT2D eigenvalue weighted by molar-refractivity contribution is -0.117.